The van der Waals surface area contributed by atoms with E-state index in [1.54, 1.807) is 18.5 Å². The zero-order valence-corrected chi connectivity index (χ0v) is 13.3. The van der Waals surface area contributed by atoms with Gasteiger partial charge in [-0.15, -0.1) is 0 Å². The topological polar surface area (TPSA) is 84.5 Å². The quantitative estimate of drug-likeness (QED) is 0.836. The highest BCUT2D eigenvalue weighted by atomic mass is 16.5. The molecule has 6 nitrogen and oxygen atoms in total. The van der Waals surface area contributed by atoms with Crippen molar-refractivity contribution in [2.24, 2.45) is 0 Å². The second kappa shape index (κ2) is 6.93. The van der Waals surface area contributed by atoms with Gasteiger partial charge in [0.05, 0.1) is 6.61 Å². The molecule has 1 aliphatic rings. The Morgan fingerprint density at radius 3 is 2.61 bits per heavy atom. The van der Waals surface area contributed by atoms with E-state index in [1.165, 1.54) is 0 Å². The molecule has 0 unspecified atom stereocenters. The zero-order chi connectivity index (χ0) is 16.2. The Kier molecular flexibility index (Phi) is 4.73. The van der Waals surface area contributed by atoms with Gasteiger partial charge in [-0.25, -0.2) is 9.97 Å². The molecule has 1 fully saturated rings. The molecule has 0 radical (unpaired) electrons. The zero-order valence-electron chi connectivity index (χ0n) is 13.3. The lowest BCUT2D eigenvalue weighted by atomic mass is 10.0. The number of nitrogens with zero attached hydrogens (tertiary/aromatic N) is 3. The summed E-state index contributed by atoms with van der Waals surface area (Å²) in [6.07, 6.45) is 5.59. The summed E-state index contributed by atoms with van der Waals surface area (Å²) in [5.41, 5.74) is 8.94. The first kappa shape index (κ1) is 15.7. The van der Waals surface area contributed by atoms with Gasteiger partial charge in [0, 0.05) is 36.7 Å². The smallest absolute Gasteiger partial charge is 0.316 e. The Balaban J connectivity index is 1.73. The fraction of sp³-hybridized carbons (Fsp3) is 0.412. The second-order valence-corrected chi connectivity index (χ2v) is 5.95. The minimum atomic E-state index is -0.0521. The molecular formula is C17H22N4O2. The standard InChI is InChI=1S/C17H22N4O2/c1-21-6-4-15(5-7-21)23-17-19-9-13(10-20-17)16-8-14(18)3-2-12(16)11-22/h2-3,8-10,15,22H,4-7,11,18H2,1H3. The predicted molar refractivity (Wildman–Crippen MR) is 89.0 cm³/mol. The molecule has 0 amide bonds. The van der Waals surface area contributed by atoms with Gasteiger partial charge in [0.2, 0.25) is 0 Å². The molecule has 0 spiro atoms. The van der Waals surface area contributed by atoms with Crippen molar-refractivity contribution in [1.29, 1.82) is 0 Å². The normalized spacial score (nSPS) is 16.4. The summed E-state index contributed by atoms with van der Waals surface area (Å²) in [7, 11) is 2.12. The van der Waals surface area contributed by atoms with Crippen LogP contribution in [0.2, 0.25) is 0 Å². The van der Waals surface area contributed by atoms with Crippen LogP contribution in [-0.4, -0.2) is 46.2 Å². The first-order chi connectivity index (χ1) is 11.2. The van der Waals surface area contributed by atoms with Gasteiger partial charge in [-0.2, -0.15) is 0 Å². The number of rotatable bonds is 4. The van der Waals surface area contributed by atoms with Crippen molar-refractivity contribution in [2.45, 2.75) is 25.6 Å². The lowest BCUT2D eigenvalue weighted by Crippen LogP contribution is -2.35. The maximum Gasteiger partial charge on any atom is 0.316 e. The molecule has 1 aliphatic heterocycles. The van der Waals surface area contributed by atoms with E-state index in [4.69, 9.17) is 10.5 Å². The molecule has 122 valence electrons. The van der Waals surface area contributed by atoms with Gasteiger partial charge < -0.3 is 20.5 Å². The Labute approximate surface area is 135 Å². The molecule has 1 saturated heterocycles. The first-order valence-corrected chi connectivity index (χ1v) is 7.82. The van der Waals surface area contributed by atoms with Crippen LogP contribution in [0.25, 0.3) is 11.1 Å². The molecule has 2 heterocycles. The van der Waals surface area contributed by atoms with Crippen molar-refractivity contribution in [3.05, 3.63) is 36.2 Å². The summed E-state index contributed by atoms with van der Waals surface area (Å²) in [6.45, 7) is 2.02. The minimum Gasteiger partial charge on any atom is -0.460 e. The molecule has 0 aliphatic carbocycles. The van der Waals surface area contributed by atoms with Gasteiger partial charge in [-0.1, -0.05) is 6.07 Å². The third-order valence-electron chi connectivity index (χ3n) is 4.18. The highest BCUT2D eigenvalue weighted by Gasteiger charge is 2.19. The third-order valence-corrected chi connectivity index (χ3v) is 4.18. The fourth-order valence-electron chi connectivity index (χ4n) is 2.77. The summed E-state index contributed by atoms with van der Waals surface area (Å²) in [6, 6.07) is 5.81. The Morgan fingerprint density at radius 2 is 1.96 bits per heavy atom. The first-order valence-electron chi connectivity index (χ1n) is 7.82. The van der Waals surface area contributed by atoms with Crippen LogP contribution in [0.3, 0.4) is 0 Å². The molecule has 0 saturated carbocycles. The average molecular weight is 314 g/mol. The molecule has 3 rings (SSSR count). The molecule has 1 aromatic carbocycles. The van der Waals surface area contributed by atoms with Crippen molar-refractivity contribution in [3.63, 3.8) is 0 Å². The maximum absolute atomic E-state index is 9.45. The summed E-state index contributed by atoms with van der Waals surface area (Å²) >= 11 is 0. The Morgan fingerprint density at radius 1 is 1.26 bits per heavy atom. The van der Waals surface area contributed by atoms with Gasteiger partial charge in [0.1, 0.15) is 6.10 Å². The number of likely N-dealkylation sites (tertiary alicyclic amines) is 1. The number of hydrogen-bond acceptors (Lipinski definition) is 6. The van der Waals surface area contributed by atoms with Crippen LogP contribution in [0.5, 0.6) is 6.01 Å². The number of aliphatic hydroxyl groups is 1. The lowest BCUT2D eigenvalue weighted by molar-refractivity contribution is 0.105. The van der Waals surface area contributed by atoms with E-state index in [0.29, 0.717) is 11.7 Å². The average Bonchev–Trinajstić information content (AvgIpc) is 2.58. The van der Waals surface area contributed by atoms with Crippen LogP contribution in [0, 0.1) is 0 Å². The number of nitrogen functional groups attached to an aromatic ring is 1. The number of aliphatic hydroxyl groups excluding tert-OH is 1. The van der Waals surface area contributed by atoms with E-state index in [9.17, 15) is 5.11 Å². The maximum atomic E-state index is 9.45. The van der Waals surface area contributed by atoms with Crippen LogP contribution in [0.15, 0.2) is 30.6 Å². The second-order valence-electron chi connectivity index (χ2n) is 5.95. The molecule has 1 aromatic heterocycles. The van der Waals surface area contributed by atoms with E-state index >= 15 is 0 Å². The molecule has 0 bridgehead atoms. The highest BCUT2D eigenvalue weighted by molar-refractivity contribution is 5.69. The van der Waals surface area contributed by atoms with Gasteiger partial charge in [0.15, 0.2) is 0 Å². The highest BCUT2D eigenvalue weighted by Crippen LogP contribution is 2.26. The van der Waals surface area contributed by atoms with E-state index in [0.717, 1.165) is 42.6 Å². The largest absolute Gasteiger partial charge is 0.460 e. The summed E-state index contributed by atoms with van der Waals surface area (Å²) in [4.78, 5) is 10.9. The van der Waals surface area contributed by atoms with Crippen LogP contribution >= 0.6 is 0 Å². The Bertz CT molecular complexity index is 652. The van der Waals surface area contributed by atoms with Crippen LogP contribution in [0.4, 0.5) is 5.69 Å². The van der Waals surface area contributed by atoms with E-state index < -0.39 is 0 Å². The molecule has 3 N–H and O–H groups in total. The van der Waals surface area contributed by atoms with Gasteiger partial charge in [-0.3, -0.25) is 0 Å². The van der Waals surface area contributed by atoms with E-state index in [1.807, 2.05) is 12.1 Å². The van der Waals surface area contributed by atoms with Crippen LogP contribution in [-0.2, 0) is 6.61 Å². The van der Waals surface area contributed by atoms with Crippen molar-refractivity contribution in [1.82, 2.24) is 14.9 Å². The van der Waals surface area contributed by atoms with Crippen molar-refractivity contribution < 1.29 is 9.84 Å². The van der Waals surface area contributed by atoms with Gasteiger partial charge >= 0.3 is 6.01 Å². The minimum absolute atomic E-state index is 0.0521. The van der Waals surface area contributed by atoms with Gasteiger partial charge in [0.25, 0.3) is 0 Å². The van der Waals surface area contributed by atoms with Gasteiger partial charge in [-0.05, 0) is 43.1 Å². The number of nitrogens with two attached hydrogens (primary N) is 1. The van der Waals surface area contributed by atoms with Crippen LogP contribution in [0.1, 0.15) is 18.4 Å². The molecular weight excluding hydrogens is 292 g/mol. The predicted octanol–water partition coefficient (Wildman–Crippen LogP) is 1.69. The number of piperidine rings is 1. The fourth-order valence-corrected chi connectivity index (χ4v) is 2.77. The molecule has 6 heteroatoms. The molecule has 2 aromatic rings. The lowest BCUT2D eigenvalue weighted by Gasteiger charge is -2.28. The molecule has 23 heavy (non-hydrogen) atoms. The Hall–Kier alpha value is -2.18. The summed E-state index contributed by atoms with van der Waals surface area (Å²) < 4.78 is 5.85. The monoisotopic (exact) mass is 314 g/mol. The number of ether oxygens (including phenoxy) is 1. The number of anilines is 1. The number of benzene rings is 1. The van der Waals surface area contributed by atoms with E-state index in [2.05, 4.69) is 21.9 Å². The third kappa shape index (κ3) is 3.78. The van der Waals surface area contributed by atoms with Crippen LogP contribution < -0.4 is 10.5 Å². The number of hydrogen-bond donors (Lipinski definition) is 2. The number of aromatic nitrogens is 2. The summed E-state index contributed by atoms with van der Waals surface area (Å²) in [5, 5.41) is 9.45. The SMILES string of the molecule is CN1CCC(Oc2ncc(-c3cc(N)ccc3CO)cn2)CC1. The summed E-state index contributed by atoms with van der Waals surface area (Å²) in [5.74, 6) is 0. The van der Waals surface area contributed by atoms with Crippen molar-refractivity contribution >= 4 is 5.69 Å². The van der Waals surface area contributed by atoms with Crippen molar-refractivity contribution in [2.75, 3.05) is 25.9 Å². The van der Waals surface area contributed by atoms with Crippen molar-refractivity contribution in [3.8, 4) is 17.1 Å². The molecule has 0 atom stereocenters. The van der Waals surface area contributed by atoms with E-state index in [-0.39, 0.29) is 12.7 Å².